The van der Waals surface area contributed by atoms with Crippen LogP contribution in [0.1, 0.15) is 30.9 Å². The van der Waals surface area contributed by atoms with Crippen LogP contribution < -0.4 is 10.2 Å². The van der Waals surface area contributed by atoms with Gasteiger partial charge >= 0.3 is 6.01 Å². The van der Waals surface area contributed by atoms with Crippen LogP contribution in [0.5, 0.6) is 0 Å². The molecule has 0 bridgehead atoms. The third kappa shape index (κ3) is 3.36. The molecule has 0 radical (unpaired) electrons. The largest absolute Gasteiger partial charge is 0.406 e. The number of benzene rings is 1. The minimum Gasteiger partial charge on any atom is -0.406 e. The van der Waals surface area contributed by atoms with Crippen LogP contribution in [0.15, 0.2) is 22.6 Å². The monoisotopic (exact) mass is 274 g/mol. The second kappa shape index (κ2) is 6.05. The van der Waals surface area contributed by atoms with Crippen LogP contribution >= 0.6 is 0 Å². The van der Waals surface area contributed by atoms with E-state index in [-0.39, 0.29) is 0 Å². The van der Waals surface area contributed by atoms with Crippen molar-refractivity contribution in [1.82, 2.24) is 15.5 Å². The highest BCUT2D eigenvalue weighted by molar-refractivity contribution is 5.60. The minimum absolute atomic E-state index is 0.391. The molecule has 5 heteroatoms. The first-order valence-electron chi connectivity index (χ1n) is 6.84. The number of nitrogens with zero attached hydrogens (tertiary/aromatic N) is 3. The molecular weight excluding hydrogens is 252 g/mol. The van der Waals surface area contributed by atoms with Gasteiger partial charge in [-0.2, -0.15) is 0 Å². The van der Waals surface area contributed by atoms with Gasteiger partial charge < -0.3 is 9.73 Å². The Morgan fingerprint density at radius 2 is 2.00 bits per heavy atom. The first-order chi connectivity index (χ1) is 9.47. The molecule has 0 aliphatic rings. The Morgan fingerprint density at radius 3 is 2.65 bits per heavy atom. The fraction of sp³-hybridized carbons (Fsp3) is 0.467. The van der Waals surface area contributed by atoms with E-state index in [1.807, 2.05) is 11.9 Å². The normalized spacial score (nSPS) is 11.1. The molecule has 2 aromatic rings. The molecule has 1 aromatic carbocycles. The van der Waals surface area contributed by atoms with Crippen LogP contribution in [0.25, 0.3) is 0 Å². The number of hydrogen-bond donors (Lipinski definition) is 1. The average Bonchev–Trinajstić information content (AvgIpc) is 2.84. The minimum atomic E-state index is 0.391. The molecule has 1 heterocycles. The Morgan fingerprint density at radius 1 is 1.25 bits per heavy atom. The van der Waals surface area contributed by atoms with E-state index in [1.165, 1.54) is 11.1 Å². The SMILES string of the molecule is Cc1ccc(N(C)c2nnc(CNC(C)C)o2)c(C)c1. The third-order valence-corrected chi connectivity index (χ3v) is 3.12. The lowest BCUT2D eigenvalue weighted by Crippen LogP contribution is -2.21. The maximum absolute atomic E-state index is 5.68. The predicted molar refractivity (Wildman–Crippen MR) is 80.3 cm³/mol. The molecule has 0 saturated carbocycles. The summed E-state index contributed by atoms with van der Waals surface area (Å²) in [4.78, 5) is 1.92. The van der Waals surface area contributed by atoms with E-state index in [1.54, 1.807) is 0 Å². The number of nitrogens with one attached hydrogen (secondary N) is 1. The highest BCUT2D eigenvalue weighted by Gasteiger charge is 2.14. The average molecular weight is 274 g/mol. The second-order valence-corrected chi connectivity index (χ2v) is 5.36. The van der Waals surface area contributed by atoms with Gasteiger partial charge in [0, 0.05) is 18.8 Å². The van der Waals surface area contributed by atoms with E-state index in [9.17, 15) is 0 Å². The molecule has 2 rings (SSSR count). The number of aromatic nitrogens is 2. The molecule has 0 aliphatic carbocycles. The van der Waals surface area contributed by atoms with Crippen molar-refractivity contribution in [1.29, 1.82) is 0 Å². The second-order valence-electron chi connectivity index (χ2n) is 5.36. The van der Waals surface area contributed by atoms with Crippen LogP contribution in [-0.4, -0.2) is 23.3 Å². The number of rotatable bonds is 5. The van der Waals surface area contributed by atoms with Crippen molar-refractivity contribution < 1.29 is 4.42 Å². The Kier molecular flexibility index (Phi) is 4.39. The first kappa shape index (κ1) is 14.5. The van der Waals surface area contributed by atoms with E-state index in [0.29, 0.717) is 24.5 Å². The Hall–Kier alpha value is -1.88. The molecule has 1 N–H and O–H groups in total. The molecular formula is C15H22N4O. The predicted octanol–water partition coefficient (Wildman–Crippen LogP) is 2.95. The molecule has 20 heavy (non-hydrogen) atoms. The van der Waals surface area contributed by atoms with Gasteiger partial charge in [-0.1, -0.05) is 36.6 Å². The van der Waals surface area contributed by atoms with Crippen molar-refractivity contribution in [3.8, 4) is 0 Å². The molecule has 0 aliphatic heterocycles. The third-order valence-electron chi connectivity index (χ3n) is 3.12. The summed E-state index contributed by atoms with van der Waals surface area (Å²) in [5, 5.41) is 11.4. The number of aryl methyl sites for hydroxylation is 2. The highest BCUT2D eigenvalue weighted by Crippen LogP contribution is 2.26. The van der Waals surface area contributed by atoms with Crippen molar-refractivity contribution >= 4 is 11.7 Å². The van der Waals surface area contributed by atoms with Crippen molar-refractivity contribution in [2.75, 3.05) is 11.9 Å². The van der Waals surface area contributed by atoms with E-state index in [4.69, 9.17) is 4.42 Å². The Labute approximate surface area is 120 Å². The van der Waals surface area contributed by atoms with Crippen molar-refractivity contribution in [2.45, 2.75) is 40.3 Å². The fourth-order valence-corrected chi connectivity index (χ4v) is 2.03. The summed E-state index contributed by atoms with van der Waals surface area (Å²) < 4.78 is 5.68. The molecule has 1 aromatic heterocycles. The summed E-state index contributed by atoms with van der Waals surface area (Å²) in [5.74, 6) is 0.602. The summed E-state index contributed by atoms with van der Waals surface area (Å²) in [6.07, 6.45) is 0. The molecule has 0 amide bonds. The summed E-state index contributed by atoms with van der Waals surface area (Å²) in [7, 11) is 1.94. The molecule has 0 spiro atoms. The zero-order chi connectivity index (χ0) is 14.7. The summed E-state index contributed by atoms with van der Waals surface area (Å²) in [6.45, 7) is 8.92. The van der Waals surface area contributed by atoms with Crippen LogP contribution in [0.2, 0.25) is 0 Å². The molecule has 0 saturated heterocycles. The van der Waals surface area contributed by atoms with Gasteiger partial charge in [-0.15, -0.1) is 5.10 Å². The van der Waals surface area contributed by atoms with Gasteiger partial charge in [0.15, 0.2) is 0 Å². The number of anilines is 2. The first-order valence-corrected chi connectivity index (χ1v) is 6.84. The van der Waals surface area contributed by atoms with Crippen LogP contribution in [-0.2, 0) is 6.54 Å². The smallest absolute Gasteiger partial charge is 0.322 e. The van der Waals surface area contributed by atoms with Gasteiger partial charge in [0.1, 0.15) is 0 Å². The van der Waals surface area contributed by atoms with E-state index in [2.05, 4.69) is 61.4 Å². The lowest BCUT2D eigenvalue weighted by atomic mass is 10.1. The van der Waals surface area contributed by atoms with Gasteiger partial charge in [0.25, 0.3) is 0 Å². The molecule has 5 nitrogen and oxygen atoms in total. The van der Waals surface area contributed by atoms with Crippen molar-refractivity contribution in [3.05, 3.63) is 35.2 Å². The molecule has 0 unspecified atom stereocenters. The Bertz CT molecular complexity index is 577. The maximum atomic E-state index is 5.68. The fourth-order valence-electron chi connectivity index (χ4n) is 2.03. The number of hydrogen-bond acceptors (Lipinski definition) is 5. The zero-order valence-electron chi connectivity index (χ0n) is 12.8. The van der Waals surface area contributed by atoms with Crippen molar-refractivity contribution in [3.63, 3.8) is 0 Å². The van der Waals surface area contributed by atoms with E-state index < -0.39 is 0 Å². The quantitative estimate of drug-likeness (QED) is 0.908. The van der Waals surface area contributed by atoms with Gasteiger partial charge in [-0.05, 0) is 25.5 Å². The van der Waals surface area contributed by atoms with Crippen LogP contribution in [0, 0.1) is 13.8 Å². The van der Waals surface area contributed by atoms with Gasteiger partial charge in [-0.3, -0.25) is 4.90 Å². The Balaban J connectivity index is 2.14. The van der Waals surface area contributed by atoms with Gasteiger partial charge in [-0.25, -0.2) is 0 Å². The summed E-state index contributed by atoms with van der Waals surface area (Å²) in [6, 6.07) is 7.20. The van der Waals surface area contributed by atoms with E-state index >= 15 is 0 Å². The van der Waals surface area contributed by atoms with E-state index in [0.717, 1.165) is 5.69 Å². The van der Waals surface area contributed by atoms with Crippen LogP contribution in [0.3, 0.4) is 0 Å². The molecule has 0 fully saturated rings. The zero-order valence-corrected chi connectivity index (χ0v) is 12.8. The summed E-state index contributed by atoms with van der Waals surface area (Å²) in [5.41, 5.74) is 3.50. The van der Waals surface area contributed by atoms with Gasteiger partial charge in [0.2, 0.25) is 5.89 Å². The lowest BCUT2D eigenvalue weighted by molar-refractivity contribution is 0.454. The topological polar surface area (TPSA) is 54.2 Å². The van der Waals surface area contributed by atoms with Crippen LogP contribution in [0.4, 0.5) is 11.7 Å². The molecule has 0 atom stereocenters. The van der Waals surface area contributed by atoms with Gasteiger partial charge in [0.05, 0.1) is 6.54 Å². The standard InChI is InChI=1S/C15H22N4O/c1-10(2)16-9-14-17-18-15(20-14)19(5)13-7-6-11(3)8-12(13)4/h6-8,10,16H,9H2,1-5H3. The molecule has 108 valence electrons. The van der Waals surface area contributed by atoms with Crippen molar-refractivity contribution in [2.24, 2.45) is 0 Å². The highest BCUT2D eigenvalue weighted by atomic mass is 16.4. The summed E-state index contributed by atoms with van der Waals surface area (Å²) >= 11 is 0. The lowest BCUT2D eigenvalue weighted by Gasteiger charge is -2.17. The maximum Gasteiger partial charge on any atom is 0.322 e.